The standard InChI is InChI=1S/C24H36N2O4/c1-16-11-17(2)15-26(14-16)24(27)18(3)25-9-7-19(8-10-25)23-21(29-5)12-20(28-4)13-22(23)30-6/h7,12-13,16-18H,8-11,14-15H2,1-6H3/t16-,17+,18-/m1/s1. The SMILES string of the molecule is COc1cc(OC)c(C2=CCN([C@H](C)C(=O)N3C[C@H](C)C[C@H](C)C3)CC2)c(OC)c1. The van der Waals surface area contributed by atoms with E-state index in [-0.39, 0.29) is 11.9 Å². The van der Waals surface area contributed by atoms with Crippen LogP contribution in [0, 0.1) is 11.8 Å². The van der Waals surface area contributed by atoms with E-state index in [1.807, 2.05) is 19.1 Å². The summed E-state index contributed by atoms with van der Waals surface area (Å²) >= 11 is 0. The summed E-state index contributed by atoms with van der Waals surface area (Å²) < 4.78 is 16.6. The lowest BCUT2D eigenvalue weighted by molar-refractivity contribution is -0.139. The van der Waals surface area contributed by atoms with E-state index < -0.39 is 0 Å². The van der Waals surface area contributed by atoms with Crippen molar-refractivity contribution in [2.24, 2.45) is 11.8 Å². The Hall–Kier alpha value is -2.21. The fourth-order valence-corrected chi connectivity index (χ4v) is 4.85. The molecule has 0 spiro atoms. The molecule has 1 aromatic carbocycles. The minimum atomic E-state index is -0.111. The van der Waals surface area contributed by atoms with Crippen molar-refractivity contribution in [1.29, 1.82) is 0 Å². The van der Waals surface area contributed by atoms with Crippen LogP contribution in [0.15, 0.2) is 18.2 Å². The lowest BCUT2D eigenvalue weighted by Gasteiger charge is -2.39. The topological polar surface area (TPSA) is 51.2 Å². The quantitative estimate of drug-likeness (QED) is 0.708. The molecule has 6 nitrogen and oxygen atoms in total. The summed E-state index contributed by atoms with van der Waals surface area (Å²) in [6.07, 6.45) is 4.24. The second-order valence-corrected chi connectivity index (χ2v) is 8.75. The number of ether oxygens (including phenoxy) is 3. The van der Waals surface area contributed by atoms with Crippen LogP contribution in [0.25, 0.3) is 5.57 Å². The minimum absolute atomic E-state index is 0.111. The molecular weight excluding hydrogens is 380 g/mol. The molecule has 30 heavy (non-hydrogen) atoms. The van der Waals surface area contributed by atoms with Crippen LogP contribution in [0.5, 0.6) is 17.2 Å². The Morgan fingerprint density at radius 3 is 2.10 bits per heavy atom. The number of hydrogen-bond acceptors (Lipinski definition) is 5. The number of hydrogen-bond donors (Lipinski definition) is 0. The average Bonchev–Trinajstić information content (AvgIpc) is 2.76. The average molecular weight is 417 g/mol. The zero-order valence-electron chi connectivity index (χ0n) is 19.2. The summed E-state index contributed by atoms with van der Waals surface area (Å²) in [6.45, 7) is 9.85. The summed E-state index contributed by atoms with van der Waals surface area (Å²) in [5, 5.41) is 0. The van der Waals surface area contributed by atoms with Gasteiger partial charge in [0.05, 0.1) is 32.9 Å². The van der Waals surface area contributed by atoms with Gasteiger partial charge in [0, 0.05) is 38.3 Å². The Kier molecular flexibility index (Phi) is 7.29. The van der Waals surface area contributed by atoms with E-state index in [0.29, 0.717) is 17.6 Å². The van der Waals surface area contributed by atoms with Gasteiger partial charge in [0.2, 0.25) is 5.91 Å². The van der Waals surface area contributed by atoms with Crippen molar-refractivity contribution >= 4 is 11.5 Å². The maximum Gasteiger partial charge on any atom is 0.239 e. The van der Waals surface area contributed by atoms with E-state index >= 15 is 0 Å². The van der Waals surface area contributed by atoms with Gasteiger partial charge in [0.1, 0.15) is 17.2 Å². The molecule has 3 atom stereocenters. The first kappa shape index (κ1) is 22.5. The molecule has 6 heteroatoms. The molecule has 0 radical (unpaired) electrons. The zero-order chi connectivity index (χ0) is 21.8. The van der Waals surface area contributed by atoms with Crippen molar-refractivity contribution in [3.05, 3.63) is 23.8 Å². The number of carbonyl (C=O) groups is 1. The summed E-state index contributed by atoms with van der Waals surface area (Å²) in [5.74, 6) is 3.60. The highest BCUT2D eigenvalue weighted by molar-refractivity contribution is 5.82. The molecule has 2 heterocycles. The molecule has 1 saturated heterocycles. The molecular formula is C24H36N2O4. The van der Waals surface area contributed by atoms with Crippen LogP contribution in [0.3, 0.4) is 0 Å². The summed E-state index contributed by atoms with van der Waals surface area (Å²) in [4.78, 5) is 17.5. The van der Waals surface area contributed by atoms with Crippen molar-refractivity contribution in [2.45, 2.75) is 39.7 Å². The van der Waals surface area contributed by atoms with Gasteiger partial charge >= 0.3 is 0 Å². The van der Waals surface area contributed by atoms with Crippen LogP contribution in [-0.2, 0) is 4.79 Å². The van der Waals surface area contributed by atoms with E-state index in [1.165, 1.54) is 12.0 Å². The van der Waals surface area contributed by atoms with Gasteiger partial charge in [-0.3, -0.25) is 9.69 Å². The largest absolute Gasteiger partial charge is 0.496 e. The number of amides is 1. The van der Waals surface area contributed by atoms with Crippen LogP contribution in [0.1, 0.15) is 39.2 Å². The van der Waals surface area contributed by atoms with Gasteiger partial charge in [-0.15, -0.1) is 0 Å². The van der Waals surface area contributed by atoms with Crippen LogP contribution in [0.4, 0.5) is 0 Å². The fraction of sp³-hybridized carbons (Fsp3) is 0.625. The third-order valence-corrected chi connectivity index (χ3v) is 6.36. The molecule has 1 amide bonds. The van der Waals surface area contributed by atoms with Crippen molar-refractivity contribution < 1.29 is 19.0 Å². The maximum absolute atomic E-state index is 13.1. The molecule has 166 valence electrons. The number of methoxy groups -OCH3 is 3. The van der Waals surface area contributed by atoms with Gasteiger partial charge in [0.25, 0.3) is 0 Å². The van der Waals surface area contributed by atoms with E-state index in [9.17, 15) is 4.79 Å². The molecule has 2 aliphatic heterocycles. The first-order valence-corrected chi connectivity index (χ1v) is 10.9. The van der Waals surface area contributed by atoms with Crippen LogP contribution in [-0.4, -0.2) is 69.3 Å². The monoisotopic (exact) mass is 416 g/mol. The van der Waals surface area contributed by atoms with Crippen LogP contribution >= 0.6 is 0 Å². The highest BCUT2D eigenvalue weighted by Crippen LogP contribution is 2.41. The Bertz CT molecular complexity index is 756. The maximum atomic E-state index is 13.1. The summed E-state index contributed by atoms with van der Waals surface area (Å²) in [7, 11) is 4.96. The Morgan fingerprint density at radius 1 is 1.03 bits per heavy atom. The second kappa shape index (κ2) is 9.73. The Labute approximate surface area is 180 Å². The molecule has 0 unspecified atom stereocenters. The number of rotatable bonds is 6. The van der Waals surface area contributed by atoms with Crippen molar-refractivity contribution in [3.63, 3.8) is 0 Å². The van der Waals surface area contributed by atoms with E-state index in [4.69, 9.17) is 14.2 Å². The smallest absolute Gasteiger partial charge is 0.239 e. The van der Waals surface area contributed by atoms with Gasteiger partial charge in [-0.05, 0) is 37.2 Å². The number of nitrogens with zero attached hydrogens (tertiary/aromatic N) is 2. The minimum Gasteiger partial charge on any atom is -0.496 e. The summed E-state index contributed by atoms with van der Waals surface area (Å²) in [6, 6.07) is 3.66. The van der Waals surface area contributed by atoms with Gasteiger partial charge in [0.15, 0.2) is 0 Å². The number of carbonyl (C=O) groups excluding carboxylic acids is 1. The molecule has 3 rings (SSSR count). The second-order valence-electron chi connectivity index (χ2n) is 8.75. The van der Waals surface area contributed by atoms with E-state index in [2.05, 4.69) is 29.7 Å². The molecule has 1 aromatic rings. The van der Waals surface area contributed by atoms with Crippen molar-refractivity contribution in [2.75, 3.05) is 47.5 Å². The van der Waals surface area contributed by atoms with Gasteiger partial charge in [-0.25, -0.2) is 0 Å². The van der Waals surface area contributed by atoms with Gasteiger partial charge < -0.3 is 19.1 Å². The highest BCUT2D eigenvalue weighted by Gasteiger charge is 2.32. The predicted octanol–water partition coefficient (Wildman–Crippen LogP) is 3.69. The highest BCUT2D eigenvalue weighted by atomic mass is 16.5. The lowest BCUT2D eigenvalue weighted by Crippen LogP contribution is -2.52. The van der Waals surface area contributed by atoms with Crippen LogP contribution in [0.2, 0.25) is 0 Å². The molecule has 0 bridgehead atoms. The molecule has 0 aliphatic carbocycles. The van der Waals surface area contributed by atoms with Gasteiger partial charge in [-0.2, -0.15) is 0 Å². The Morgan fingerprint density at radius 2 is 1.63 bits per heavy atom. The van der Waals surface area contributed by atoms with E-state index in [0.717, 1.165) is 49.7 Å². The van der Waals surface area contributed by atoms with Crippen LogP contribution < -0.4 is 14.2 Å². The fourth-order valence-electron chi connectivity index (χ4n) is 4.85. The van der Waals surface area contributed by atoms with E-state index in [1.54, 1.807) is 21.3 Å². The van der Waals surface area contributed by atoms with Crippen molar-refractivity contribution in [1.82, 2.24) is 9.80 Å². The molecule has 0 N–H and O–H groups in total. The number of likely N-dealkylation sites (tertiary alicyclic amines) is 1. The molecule has 2 aliphatic rings. The lowest BCUT2D eigenvalue weighted by atomic mass is 9.91. The van der Waals surface area contributed by atoms with Crippen molar-refractivity contribution in [3.8, 4) is 17.2 Å². The Balaban J connectivity index is 1.74. The predicted molar refractivity (Wildman–Crippen MR) is 119 cm³/mol. The normalized spacial score (nSPS) is 23.5. The number of benzene rings is 1. The zero-order valence-corrected chi connectivity index (χ0v) is 19.2. The first-order chi connectivity index (χ1) is 14.4. The van der Waals surface area contributed by atoms with Gasteiger partial charge in [-0.1, -0.05) is 19.9 Å². The third kappa shape index (κ3) is 4.75. The molecule has 0 saturated carbocycles. The molecule has 1 fully saturated rings. The molecule has 0 aromatic heterocycles. The first-order valence-electron chi connectivity index (χ1n) is 10.9. The number of piperidine rings is 1. The third-order valence-electron chi connectivity index (χ3n) is 6.36. The summed E-state index contributed by atoms with van der Waals surface area (Å²) in [5.41, 5.74) is 2.15.